The van der Waals surface area contributed by atoms with Gasteiger partial charge in [-0.25, -0.2) is 0 Å². The number of nitrogens with zero attached hydrogens (tertiary/aromatic N) is 2. The molecule has 2 aromatic heterocycles. The predicted molar refractivity (Wildman–Crippen MR) is 87.1 cm³/mol. The van der Waals surface area contributed by atoms with Crippen molar-refractivity contribution >= 4 is 28.6 Å². The van der Waals surface area contributed by atoms with E-state index in [9.17, 15) is 5.26 Å². The summed E-state index contributed by atoms with van der Waals surface area (Å²) < 4.78 is 0. The largest absolute Gasteiger partial charge is 0.396 e. The quantitative estimate of drug-likeness (QED) is 0.753. The number of aromatic nitrogens is 1. The number of nitriles is 1. The van der Waals surface area contributed by atoms with Gasteiger partial charge in [0.05, 0.1) is 5.69 Å². The smallest absolute Gasteiger partial charge is 0.129 e. The van der Waals surface area contributed by atoms with E-state index in [1.165, 1.54) is 11.3 Å². The third-order valence-electron chi connectivity index (χ3n) is 3.08. The maximum atomic E-state index is 9.24. The molecule has 0 fully saturated rings. The molecular weight excluding hydrogens is 302 g/mol. The molecular formula is C16H10ClN3S. The molecule has 21 heavy (non-hydrogen) atoms. The van der Waals surface area contributed by atoms with Crippen molar-refractivity contribution in [2.75, 3.05) is 5.73 Å². The van der Waals surface area contributed by atoms with Gasteiger partial charge < -0.3 is 5.73 Å². The van der Waals surface area contributed by atoms with Crippen molar-refractivity contribution in [3.63, 3.8) is 0 Å². The zero-order valence-corrected chi connectivity index (χ0v) is 12.4. The summed E-state index contributed by atoms with van der Waals surface area (Å²) in [6.07, 6.45) is 3.45. The maximum Gasteiger partial charge on any atom is 0.129 e. The summed E-state index contributed by atoms with van der Waals surface area (Å²) in [4.78, 5) is 5.56. The molecule has 1 aromatic carbocycles. The first kappa shape index (κ1) is 13.6. The number of hydrogen-bond acceptors (Lipinski definition) is 4. The molecule has 3 nitrogen and oxygen atoms in total. The summed E-state index contributed by atoms with van der Waals surface area (Å²) in [6.45, 7) is 0. The van der Waals surface area contributed by atoms with Crippen molar-refractivity contribution in [1.82, 2.24) is 4.98 Å². The number of pyridine rings is 1. The van der Waals surface area contributed by atoms with E-state index in [0.717, 1.165) is 21.6 Å². The number of anilines is 1. The Morgan fingerprint density at radius 3 is 2.67 bits per heavy atom. The highest BCUT2D eigenvalue weighted by Crippen LogP contribution is 2.44. The van der Waals surface area contributed by atoms with E-state index >= 15 is 0 Å². The Labute approximate surface area is 131 Å². The lowest BCUT2D eigenvalue weighted by Gasteiger charge is -2.05. The first-order valence-corrected chi connectivity index (χ1v) is 7.39. The van der Waals surface area contributed by atoms with Gasteiger partial charge in [0.15, 0.2) is 0 Å². The van der Waals surface area contributed by atoms with Crippen LogP contribution in [0.2, 0.25) is 5.02 Å². The average Bonchev–Trinajstić information content (AvgIpc) is 2.85. The van der Waals surface area contributed by atoms with Crippen LogP contribution in [0.5, 0.6) is 0 Å². The van der Waals surface area contributed by atoms with Crippen LogP contribution in [0.25, 0.3) is 21.6 Å². The van der Waals surface area contributed by atoms with E-state index in [4.69, 9.17) is 17.3 Å². The normalized spacial score (nSPS) is 10.3. The molecule has 0 spiro atoms. The fourth-order valence-corrected chi connectivity index (χ4v) is 3.38. The van der Waals surface area contributed by atoms with Crippen molar-refractivity contribution < 1.29 is 0 Å². The highest BCUT2D eigenvalue weighted by molar-refractivity contribution is 7.17. The highest BCUT2D eigenvalue weighted by atomic mass is 35.5. The molecule has 0 atom stereocenters. The molecule has 0 saturated carbocycles. The lowest BCUT2D eigenvalue weighted by atomic mass is 10.0. The Bertz CT molecular complexity index is 834. The molecule has 0 saturated heterocycles. The van der Waals surface area contributed by atoms with Crippen LogP contribution < -0.4 is 5.73 Å². The van der Waals surface area contributed by atoms with Gasteiger partial charge in [-0.15, -0.1) is 11.3 Å². The van der Waals surface area contributed by atoms with Crippen LogP contribution in [-0.4, -0.2) is 4.98 Å². The number of halogens is 1. The Morgan fingerprint density at radius 2 is 2.00 bits per heavy atom. The number of thiophene rings is 1. The average molecular weight is 312 g/mol. The van der Waals surface area contributed by atoms with Gasteiger partial charge in [0.1, 0.15) is 10.9 Å². The molecule has 0 aliphatic heterocycles. The van der Waals surface area contributed by atoms with Crippen LogP contribution in [0.15, 0.2) is 48.8 Å². The van der Waals surface area contributed by atoms with Crippen molar-refractivity contribution in [1.29, 1.82) is 5.26 Å². The summed E-state index contributed by atoms with van der Waals surface area (Å²) in [5, 5.41) is 9.89. The Balaban J connectivity index is 2.29. The van der Waals surface area contributed by atoms with Crippen LogP contribution in [-0.2, 0) is 0 Å². The zero-order chi connectivity index (χ0) is 14.8. The van der Waals surface area contributed by atoms with Gasteiger partial charge in [-0.3, -0.25) is 4.98 Å². The standard InChI is InChI=1S/C16H10ClN3S/c17-12-5-1-3-10(7-12)16-14(11-4-2-6-20-9-11)15(19)13(8-18)21-16/h1-7,9H,19H2. The fourth-order valence-electron chi connectivity index (χ4n) is 2.16. The Hall–Kier alpha value is -2.35. The monoisotopic (exact) mass is 311 g/mol. The molecule has 0 amide bonds. The van der Waals surface area contributed by atoms with Crippen LogP contribution >= 0.6 is 22.9 Å². The first-order chi connectivity index (χ1) is 10.2. The van der Waals surface area contributed by atoms with Crippen LogP contribution in [0.4, 0.5) is 5.69 Å². The minimum absolute atomic E-state index is 0.491. The summed E-state index contributed by atoms with van der Waals surface area (Å²) in [6, 6.07) is 13.5. The van der Waals surface area contributed by atoms with Gasteiger partial charge in [0, 0.05) is 33.4 Å². The SMILES string of the molecule is N#Cc1sc(-c2cccc(Cl)c2)c(-c2cccnc2)c1N. The third-order valence-corrected chi connectivity index (χ3v) is 4.48. The van der Waals surface area contributed by atoms with Gasteiger partial charge in [0.25, 0.3) is 0 Å². The molecule has 3 rings (SSSR count). The molecule has 5 heteroatoms. The van der Waals surface area contributed by atoms with Gasteiger partial charge >= 0.3 is 0 Å². The maximum absolute atomic E-state index is 9.24. The number of benzene rings is 1. The number of nitrogen functional groups attached to an aromatic ring is 1. The molecule has 0 aliphatic rings. The van der Waals surface area contributed by atoms with Gasteiger partial charge in [0.2, 0.25) is 0 Å². The van der Waals surface area contributed by atoms with Gasteiger partial charge in [-0.2, -0.15) is 5.26 Å². The lowest BCUT2D eigenvalue weighted by Crippen LogP contribution is -1.89. The molecule has 0 bridgehead atoms. The second-order valence-corrected chi connectivity index (χ2v) is 5.87. The van der Waals surface area contributed by atoms with E-state index in [0.29, 0.717) is 15.6 Å². The van der Waals surface area contributed by atoms with Gasteiger partial charge in [-0.1, -0.05) is 29.8 Å². The summed E-state index contributed by atoms with van der Waals surface area (Å²) in [7, 11) is 0. The van der Waals surface area contributed by atoms with Crippen LogP contribution in [0.3, 0.4) is 0 Å². The molecule has 0 unspecified atom stereocenters. The minimum Gasteiger partial charge on any atom is -0.396 e. The Kier molecular flexibility index (Phi) is 3.61. The van der Waals surface area contributed by atoms with E-state index < -0.39 is 0 Å². The summed E-state index contributed by atoms with van der Waals surface area (Å²) >= 11 is 7.44. The van der Waals surface area contributed by atoms with Gasteiger partial charge in [-0.05, 0) is 23.8 Å². The second-order valence-electron chi connectivity index (χ2n) is 4.41. The number of rotatable bonds is 2. The summed E-state index contributed by atoms with van der Waals surface area (Å²) in [5.74, 6) is 0. The van der Waals surface area contributed by atoms with E-state index in [-0.39, 0.29) is 0 Å². The highest BCUT2D eigenvalue weighted by Gasteiger charge is 2.19. The molecule has 2 N–H and O–H groups in total. The van der Waals surface area contributed by atoms with Crippen LogP contribution in [0.1, 0.15) is 4.88 Å². The van der Waals surface area contributed by atoms with Crippen molar-refractivity contribution in [2.45, 2.75) is 0 Å². The van der Waals surface area contributed by atoms with Crippen molar-refractivity contribution in [3.05, 3.63) is 58.7 Å². The second kappa shape index (κ2) is 5.57. The predicted octanol–water partition coefficient (Wildman–Crippen LogP) is 4.58. The number of hydrogen-bond donors (Lipinski definition) is 1. The molecule has 102 valence electrons. The minimum atomic E-state index is 0.491. The topological polar surface area (TPSA) is 62.7 Å². The molecule has 0 aliphatic carbocycles. The zero-order valence-electron chi connectivity index (χ0n) is 10.9. The fraction of sp³-hybridized carbons (Fsp3) is 0. The van der Waals surface area contributed by atoms with E-state index in [1.807, 2.05) is 36.4 Å². The molecule has 2 heterocycles. The third kappa shape index (κ3) is 2.49. The molecule has 3 aromatic rings. The molecule has 0 radical (unpaired) electrons. The van der Waals surface area contributed by atoms with Crippen LogP contribution in [0, 0.1) is 11.3 Å². The van der Waals surface area contributed by atoms with E-state index in [1.54, 1.807) is 12.4 Å². The first-order valence-electron chi connectivity index (χ1n) is 6.19. The summed E-state index contributed by atoms with van der Waals surface area (Å²) in [5.41, 5.74) is 9.32. The number of nitrogens with two attached hydrogens (primary N) is 1. The van der Waals surface area contributed by atoms with Crippen molar-refractivity contribution in [3.8, 4) is 27.6 Å². The Morgan fingerprint density at radius 1 is 1.19 bits per heavy atom. The lowest BCUT2D eigenvalue weighted by molar-refractivity contribution is 1.33. The van der Waals surface area contributed by atoms with Crippen molar-refractivity contribution in [2.24, 2.45) is 0 Å². The van der Waals surface area contributed by atoms with E-state index in [2.05, 4.69) is 11.1 Å².